The molecule has 1 aliphatic carbocycles. The van der Waals surface area contributed by atoms with Crippen LogP contribution in [-0.2, 0) is 11.2 Å². The molecule has 0 aromatic carbocycles. The van der Waals surface area contributed by atoms with Crippen LogP contribution in [0.3, 0.4) is 0 Å². The monoisotopic (exact) mass is 335 g/mol. The Balaban J connectivity index is 1.53. The topological polar surface area (TPSA) is 73.5 Å². The van der Waals surface area contributed by atoms with Crippen molar-refractivity contribution in [3.8, 4) is 0 Å². The smallest absolute Gasteiger partial charge is 0.318 e. The largest absolute Gasteiger partial charge is 0.383 e. The number of ether oxygens (including phenoxy) is 1. The van der Waals surface area contributed by atoms with Crippen molar-refractivity contribution in [2.24, 2.45) is 0 Å². The molecule has 0 saturated carbocycles. The van der Waals surface area contributed by atoms with Gasteiger partial charge in [0.1, 0.15) is 0 Å². The number of nitrogens with zero attached hydrogens (tertiary/aromatic N) is 3. The van der Waals surface area contributed by atoms with Crippen molar-refractivity contribution in [2.75, 3.05) is 39.9 Å². The fraction of sp³-hybridized carbons (Fsp3) is 0.765. The van der Waals surface area contributed by atoms with E-state index in [4.69, 9.17) is 4.74 Å². The average molecular weight is 335 g/mol. The van der Waals surface area contributed by atoms with Gasteiger partial charge in [-0.25, -0.2) is 4.79 Å². The highest BCUT2D eigenvalue weighted by Gasteiger charge is 2.32. The Kier molecular flexibility index (Phi) is 5.10. The number of urea groups is 1. The number of rotatable bonds is 4. The van der Waals surface area contributed by atoms with E-state index in [0.29, 0.717) is 6.61 Å². The van der Waals surface area contributed by atoms with Gasteiger partial charge in [0.2, 0.25) is 0 Å². The van der Waals surface area contributed by atoms with Crippen LogP contribution in [0.2, 0.25) is 0 Å². The number of fused-ring (bicyclic) bond motifs is 1. The quantitative estimate of drug-likeness (QED) is 0.875. The molecule has 1 fully saturated rings. The number of carbonyl (C=O) groups excluding carboxylic acids is 1. The van der Waals surface area contributed by atoms with Gasteiger partial charge in [0.15, 0.2) is 0 Å². The Bertz CT molecular complexity index is 563. The maximum Gasteiger partial charge on any atom is 0.318 e. The normalized spacial score (nSPS) is 22.3. The number of methoxy groups -OCH3 is 1. The number of aromatic amines is 1. The van der Waals surface area contributed by atoms with Crippen molar-refractivity contribution < 1.29 is 9.53 Å². The number of carbonyl (C=O) groups is 1. The molecule has 0 radical (unpaired) electrons. The fourth-order valence-corrected chi connectivity index (χ4v) is 3.81. The van der Waals surface area contributed by atoms with E-state index >= 15 is 0 Å². The van der Waals surface area contributed by atoms with Gasteiger partial charge in [0, 0.05) is 38.8 Å². The molecule has 1 aromatic heterocycles. The molecule has 0 spiro atoms. The number of amides is 2. The highest BCUT2D eigenvalue weighted by atomic mass is 16.5. The summed E-state index contributed by atoms with van der Waals surface area (Å²) in [4.78, 5) is 16.9. The molecule has 2 N–H and O–H groups in total. The number of nitrogens with one attached hydrogen (secondary N) is 2. The first-order valence-corrected chi connectivity index (χ1v) is 8.83. The van der Waals surface area contributed by atoms with Crippen LogP contribution >= 0.6 is 0 Å². The van der Waals surface area contributed by atoms with E-state index in [1.807, 2.05) is 11.1 Å². The third-order valence-electron chi connectivity index (χ3n) is 5.26. The zero-order chi connectivity index (χ0) is 17.2. The predicted octanol–water partition coefficient (Wildman–Crippen LogP) is 1.54. The number of aryl methyl sites for hydroxylation is 1. The molecule has 0 bridgehead atoms. The van der Waals surface area contributed by atoms with Crippen LogP contribution < -0.4 is 5.32 Å². The molecule has 2 heterocycles. The second kappa shape index (κ2) is 7.11. The minimum Gasteiger partial charge on any atom is -0.383 e. The lowest BCUT2D eigenvalue weighted by atomic mass is 9.94. The third kappa shape index (κ3) is 3.57. The average Bonchev–Trinajstić information content (AvgIpc) is 3.04. The molecule has 1 saturated heterocycles. The summed E-state index contributed by atoms with van der Waals surface area (Å²) < 4.78 is 5.32. The SMILES string of the molecule is COCC(C)(C)N1CCN(C(=O)NC2CCCc3cn[nH]c32)CC1. The molecule has 1 aromatic rings. The molecule has 24 heavy (non-hydrogen) atoms. The van der Waals surface area contributed by atoms with Gasteiger partial charge in [0.05, 0.1) is 24.5 Å². The number of H-pyrrole nitrogens is 1. The van der Waals surface area contributed by atoms with E-state index in [2.05, 4.69) is 34.3 Å². The summed E-state index contributed by atoms with van der Waals surface area (Å²) in [5.74, 6) is 0. The van der Waals surface area contributed by atoms with Gasteiger partial charge < -0.3 is 15.0 Å². The Hall–Kier alpha value is -1.60. The summed E-state index contributed by atoms with van der Waals surface area (Å²) in [5, 5.41) is 10.4. The summed E-state index contributed by atoms with van der Waals surface area (Å²) in [6.07, 6.45) is 4.99. The van der Waals surface area contributed by atoms with Crippen LogP contribution in [0.15, 0.2) is 6.20 Å². The Morgan fingerprint density at radius 1 is 1.42 bits per heavy atom. The lowest BCUT2D eigenvalue weighted by Gasteiger charge is -2.43. The molecular formula is C17H29N5O2. The molecule has 134 valence electrons. The van der Waals surface area contributed by atoms with E-state index in [1.165, 1.54) is 5.56 Å². The maximum atomic E-state index is 12.6. The van der Waals surface area contributed by atoms with Gasteiger partial charge in [-0.2, -0.15) is 5.10 Å². The lowest BCUT2D eigenvalue weighted by molar-refractivity contribution is 0.00903. The first-order chi connectivity index (χ1) is 11.5. The van der Waals surface area contributed by atoms with Gasteiger partial charge in [-0.05, 0) is 38.7 Å². The minimum absolute atomic E-state index is 0.00546. The van der Waals surface area contributed by atoms with Crippen LogP contribution in [0.5, 0.6) is 0 Å². The van der Waals surface area contributed by atoms with E-state index in [9.17, 15) is 4.79 Å². The van der Waals surface area contributed by atoms with E-state index in [-0.39, 0.29) is 17.6 Å². The summed E-state index contributed by atoms with van der Waals surface area (Å²) in [7, 11) is 1.74. The van der Waals surface area contributed by atoms with Crippen LogP contribution in [0.25, 0.3) is 0 Å². The van der Waals surface area contributed by atoms with E-state index < -0.39 is 0 Å². The molecule has 3 rings (SSSR count). The Morgan fingerprint density at radius 3 is 2.88 bits per heavy atom. The van der Waals surface area contributed by atoms with E-state index in [0.717, 1.165) is 51.1 Å². The maximum absolute atomic E-state index is 12.6. The van der Waals surface area contributed by atoms with Crippen molar-refractivity contribution in [2.45, 2.75) is 44.7 Å². The molecule has 2 amide bonds. The van der Waals surface area contributed by atoms with Crippen LogP contribution in [0.1, 0.15) is 44.0 Å². The number of hydrogen-bond donors (Lipinski definition) is 2. The van der Waals surface area contributed by atoms with Crippen molar-refractivity contribution in [1.82, 2.24) is 25.3 Å². The second-order valence-electron chi connectivity index (χ2n) is 7.42. The molecule has 7 nitrogen and oxygen atoms in total. The Labute approximate surface area is 143 Å². The molecule has 1 atom stereocenters. The summed E-state index contributed by atoms with van der Waals surface area (Å²) in [6.45, 7) is 8.34. The highest BCUT2D eigenvalue weighted by molar-refractivity contribution is 5.75. The standard InChI is InChI=1S/C17H29N5O2/c1-17(2,12-24-3)22-9-7-21(8-10-22)16(23)19-14-6-4-5-13-11-18-20-15(13)14/h11,14H,4-10,12H2,1-3H3,(H,18,20)(H,19,23). The van der Waals surface area contributed by atoms with Gasteiger partial charge in [0.25, 0.3) is 0 Å². The summed E-state index contributed by atoms with van der Waals surface area (Å²) >= 11 is 0. The van der Waals surface area contributed by atoms with Crippen molar-refractivity contribution in [3.63, 3.8) is 0 Å². The zero-order valence-electron chi connectivity index (χ0n) is 15.0. The molecular weight excluding hydrogens is 306 g/mol. The molecule has 7 heteroatoms. The highest BCUT2D eigenvalue weighted by Crippen LogP contribution is 2.27. The van der Waals surface area contributed by atoms with Crippen LogP contribution in [0, 0.1) is 0 Å². The number of hydrogen-bond acceptors (Lipinski definition) is 4. The zero-order valence-corrected chi connectivity index (χ0v) is 15.0. The second-order valence-corrected chi connectivity index (χ2v) is 7.42. The third-order valence-corrected chi connectivity index (χ3v) is 5.26. The number of aromatic nitrogens is 2. The van der Waals surface area contributed by atoms with E-state index in [1.54, 1.807) is 7.11 Å². The summed E-state index contributed by atoms with van der Waals surface area (Å²) in [6, 6.07) is 0.0957. The lowest BCUT2D eigenvalue weighted by Crippen LogP contribution is -2.58. The van der Waals surface area contributed by atoms with Gasteiger partial charge in [-0.1, -0.05) is 0 Å². The molecule has 1 aliphatic heterocycles. The fourth-order valence-electron chi connectivity index (χ4n) is 3.81. The van der Waals surface area contributed by atoms with Gasteiger partial charge >= 0.3 is 6.03 Å². The van der Waals surface area contributed by atoms with Gasteiger partial charge in [-0.15, -0.1) is 0 Å². The van der Waals surface area contributed by atoms with Crippen LogP contribution in [0.4, 0.5) is 4.79 Å². The minimum atomic E-state index is 0.00546. The number of piperazine rings is 1. The first kappa shape index (κ1) is 17.2. The Morgan fingerprint density at radius 2 is 2.17 bits per heavy atom. The van der Waals surface area contributed by atoms with Crippen LogP contribution in [-0.4, -0.2) is 71.5 Å². The van der Waals surface area contributed by atoms with Crippen molar-refractivity contribution in [3.05, 3.63) is 17.5 Å². The first-order valence-electron chi connectivity index (χ1n) is 8.83. The predicted molar refractivity (Wildman–Crippen MR) is 91.9 cm³/mol. The summed E-state index contributed by atoms with van der Waals surface area (Å²) in [5.41, 5.74) is 2.32. The van der Waals surface area contributed by atoms with Crippen molar-refractivity contribution in [1.29, 1.82) is 0 Å². The molecule has 2 aliphatic rings. The molecule has 1 unspecified atom stereocenters. The van der Waals surface area contributed by atoms with Crippen molar-refractivity contribution >= 4 is 6.03 Å². The van der Waals surface area contributed by atoms with Gasteiger partial charge in [-0.3, -0.25) is 10.00 Å².